The molecule has 2 atom stereocenters. The highest BCUT2D eigenvalue weighted by atomic mass is 16.6. The molecule has 0 bridgehead atoms. The van der Waals surface area contributed by atoms with Crippen LogP contribution in [0.4, 0.5) is 5.82 Å². The Bertz CT molecular complexity index is 759. The standard InChI is InChI=1S/C22H30N4O4/c23-11-17-5-6-20(24-12-17)25-13-19-7-8-22(30-19)15-26(9-10-28-16-22)21(27)14-29-18-3-1-2-4-18/h5-6,12,18-19H,1-4,7-10,13-16H2,(H,24,25)/t19-,22-/m0/s1. The highest BCUT2D eigenvalue weighted by Crippen LogP contribution is 2.33. The van der Waals surface area contributed by atoms with Gasteiger partial charge in [-0.25, -0.2) is 4.98 Å². The van der Waals surface area contributed by atoms with Crippen molar-refractivity contribution in [1.82, 2.24) is 9.88 Å². The molecule has 2 aliphatic heterocycles. The van der Waals surface area contributed by atoms with E-state index in [-0.39, 0.29) is 24.7 Å². The Morgan fingerprint density at radius 2 is 2.23 bits per heavy atom. The van der Waals surface area contributed by atoms with Crippen molar-refractivity contribution in [2.24, 2.45) is 0 Å². The molecule has 4 rings (SSSR count). The van der Waals surface area contributed by atoms with Crippen molar-refractivity contribution in [2.45, 2.75) is 56.3 Å². The molecule has 0 radical (unpaired) electrons. The van der Waals surface area contributed by atoms with Crippen LogP contribution in [-0.2, 0) is 19.0 Å². The summed E-state index contributed by atoms with van der Waals surface area (Å²) in [6.07, 6.45) is 8.08. The van der Waals surface area contributed by atoms with Crippen LogP contribution in [0.5, 0.6) is 0 Å². The monoisotopic (exact) mass is 414 g/mol. The zero-order valence-corrected chi connectivity index (χ0v) is 17.3. The largest absolute Gasteiger partial charge is 0.377 e. The number of pyridine rings is 1. The molecule has 1 N–H and O–H groups in total. The van der Waals surface area contributed by atoms with Crippen LogP contribution in [0.15, 0.2) is 18.3 Å². The number of carbonyl (C=O) groups is 1. The number of ether oxygens (including phenoxy) is 3. The van der Waals surface area contributed by atoms with Gasteiger partial charge in [0.15, 0.2) is 0 Å². The second kappa shape index (κ2) is 9.73. The Morgan fingerprint density at radius 1 is 1.37 bits per heavy atom. The van der Waals surface area contributed by atoms with Crippen molar-refractivity contribution in [3.8, 4) is 6.07 Å². The fraction of sp³-hybridized carbons (Fsp3) is 0.682. The van der Waals surface area contributed by atoms with Gasteiger partial charge in [0.25, 0.3) is 0 Å². The number of nitriles is 1. The van der Waals surface area contributed by atoms with E-state index in [9.17, 15) is 4.79 Å². The zero-order chi connectivity index (χ0) is 20.8. The Hall–Kier alpha value is -2.21. The molecule has 0 unspecified atom stereocenters. The maximum absolute atomic E-state index is 12.7. The number of hydrogen-bond acceptors (Lipinski definition) is 7. The van der Waals surface area contributed by atoms with Gasteiger partial charge in [-0.3, -0.25) is 4.79 Å². The smallest absolute Gasteiger partial charge is 0.248 e. The zero-order valence-electron chi connectivity index (χ0n) is 17.3. The summed E-state index contributed by atoms with van der Waals surface area (Å²) in [5, 5.41) is 12.1. The first-order valence-electron chi connectivity index (χ1n) is 10.9. The van der Waals surface area contributed by atoms with Gasteiger partial charge in [-0.15, -0.1) is 0 Å². The molecule has 1 spiro atoms. The van der Waals surface area contributed by atoms with Crippen molar-refractivity contribution in [2.75, 3.05) is 44.8 Å². The van der Waals surface area contributed by atoms with Gasteiger partial charge in [0.05, 0.1) is 37.5 Å². The van der Waals surface area contributed by atoms with Crippen LogP contribution in [0.1, 0.15) is 44.1 Å². The van der Waals surface area contributed by atoms with Gasteiger partial charge in [-0.05, 0) is 37.8 Å². The minimum atomic E-state index is -0.454. The summed E-state index contributed by atoms with van der Waals surface area (Å²) in [6, 6.07) is 5.60. The number of nitrogens with one attached hydrogen (secondary N) is 1. The molecular formula is C22H30N4O4. The minimum absolute atomic E-state index is 0.0239. The number of anilines is 1. The molecule has 0 aromatic carbocycles. The van der Waals surface area contributed by atoms with Crippen molar-refractivity contribution < 1.29 is 19.0 Å². The molecule has 3 heterocycles. The number of amides is 1. The average molecular weight is 415 g/mol. The maximum atomic E-state index is 12.7. The van der Waals surface area contributed by atoms with Gasteiger partial charge in [0.2, 0.25) is 5.91 Å². The number of nitrogens with zero attached hydrogens (tertiary/aromatic N) is 3. The summed E-state index contributed by atoms with van der Waals surface area (Å²) in [5.74, 6) is 0.746. The Morgan fingerprint density at radius 3 is 3.00 bits per heavy atom. The lowest BCUT2D eigenvalue weighted by Gasteiger charge is -2.32. The summed E-state index contributed by atoms with van der Waals surface area (Å²) >= 11 is 0. The molecule has 30 heavy (non-hydrogen) atoms. The van der Waals surface area contributed by atoms with Crippen LogP contribution in [-0.4, -0.2) is 73.1 Å². The molecule has 3 aliphatic rings. The number of carbonyl (C=O) groups excluding carboxylic acids is 1. The quantitative estimate of drug-likeness (QED) is 0.761. The number of rotatable bonds is 6. The van der Waals surface area contributed by atoms with Gasteiger partial charge in [0.1, 0.15) is 24.1 Å². The molecule has 1 saturated carbocycles. The van der Waals surface area contributed by atoms with E-state index in [4.69, 9.17) is 19.5 Å². The normalized spacial score (nSPS) is 27.2. The third-order valence-electron chi connectivity index (χ3n) is 6.19. The van der Waals surface area contributed by atoms with Crippen molar-refractivity contribution in [3.05, 3.63) is 23.9 Å². The Kier molecular flexibility index (Phi) is 6.82. The van der Waals surface area contributed by atoms with E-state index in [1.165, 1.54) is 12.8 Å². The summed E-state index contributed by atoms with van der Waals surface area (Å²) in [5.41, 5.74) is 0.0816. The summed E-state index contributed by atoms with van der Waals surface area (Å²) in [4.78, 5) is 18.8. The van der Waals surface area contributed by atoms with E-state index >= 15 is 0 Å². The van der Waals surface area contributed by atoms with E-state index in [0.717, 1.165) is 31.5 Å². The topological polar surface area (TPSA) is 96.7 Å². The van der Waals surface area contributed by atoms with Crippen molar-refractivity contribution >= 4 is 11.7 Å². The molecule has 8 heteroatoms. The van der Waals surface area contributed by atoms with Gasteiger partial charge in [0, 0.05) is 19.3 Å². The molecule has 1 aromatic heterocycles. The third-order valence-corrected chi connectivity index (χ3v) is 6.19. The fourth-order valence-corrected chi connectivity index (χ4v) is 4.50. The molecular weight excluding hydrogens is 384 g/mol. The first-order chi connectivity index (χ1) is 14.7. The van der Waals surface area contributed by atoms with E-state index in [1.54, 1.807) is 18.3 Å². The summed E-state index contributed by atoms with van der Waals surface area (Å²) in [6.45, 7) is 2.93. The van der Waals surface area contributed by atoms with Crippen LogP contribution in [0, 0.1) is 11.3 Å². The SMILES string of the molecule is N#Cc1ccc(NC[C@@H]2CC[C@]3(COCCN(C(=O)COC4CCCC4)C3)O2)nc1. The highest BCUT2D eigenvalue weighted by Gasteiger charge is 2.44. The summed E-state index contributed by atoms with van der Waals surface area (Å²) in [7, 11) is 0. The molecule has 3 fully saturated rings. The lowest BCUT2D eigenvalue weighted by Crippen LogP contribution is -2.48. The molecule has 162 valence electrons. The lowest BCUT2D eigenvalue weighted by molar-refractivity contribution is -0.142. The van der Waals surface area contributed by atoms with Crippen molar-refractivity contribution in [1.29, 1.82) is 5.26 Å². The van der Waals surface area contributed by atoms with Crippen LogP contribution in [0.3, 0.4) is 0 Å². The van der Waals surface area contributed by atoms with E-state index < -0.39 is 5.60 Å². The lowest BCUT2D eigenvalue weighted by atomic mass is 10.00. The highest BCUT2D eigenvalue weighted by molar-refractivity contribution is 5.77. The Balaban J connectivity index is 1.28. The molecule has 2 saturated heterocycles. The third kappa shape index (κ3) is 5.28. The molecule has 1 aliphatic carbocycles. The van der Waals surface area contributed by atoms with Crippen LogP contribution in [0.2, 0.25) is 0 Å². The first-order valence-corrected chi connectivity index (χ1v) is 10.9. The van der Waals surface area contributed by atoms with E-state index in [1.807, 2.05) is 4.90 Å². The van der Waals surface area contributed by atoms with Gasteiger partial charge in [-0.2, -0.15) is 5.26 Å². The van der Waals surface area contributed by atoms with Gasteiger partial charge in [-0.1, -0.05) is 12.8 Å². The molecule has 1 aromatic rings. The second-order valence-corrected chi connectivity index (χ2v) is 8.47. The predicted molar refractivity (Wildman–Crippen MR) is 110 cm³/mol. The van der Waals surface area contributed by atoms with Gasteiger partial charge >= 0.3 is 0 Å². The van der Waals surface area contributed by atoms with E-state index in [2.05, 4.69) is 16.4 Å². The Labute approximate surface area is 177 Å². The first kappa shape index (κ1) is 21.0. The predicted octanol–water partition coefficient (Wildman–Crippen LogP) is 2.10. The summed E-state index contributed by atoms with van der Waals surface area (Å²) < 4.78 is 18.0. The second-order valence-electron chi connectivity index (χ2n) is 8.47. The van der Waals surface area contributed by atoms with Crippen molar-refractivity contribution in [3.63, 3.8) is 0 Å². The number of aromatic nitrogens is 1. The van der Waals surface area contributed by atoms with Gasteiger partial charge < -0.3 is 24.4 Å². The fourth-order valence-electron chi connectivity index (χ4n) is 4.50. The average Bonchev–Trinajstić information content (AvgIpc) is 3.38. The van der Waals surface area contributed by atoms with Crippen LogP contribution < -0.4 is 5.32 Å². The van der Waals surface area contributed by atoms with E-state index in [0.29, 0.717) is 38.4 Å². The molecule has 1 amide bonds. The number of hydrogen-bond donors (Lipinski definition) is 1. The maximum Gasteiger partial charge on any atom is 0.248 e. The molecule has 8 nitrogen and oxygen atoms in total. The minimum Gasteiger partial charge on any atom is -0.377 e. The van der Waals surface area contributed by atoms with Crippen LogP contribution in [0.25, 0.3) is 0 Å². The van der Waals surface area contributed by atoms with Crippen LogP contribution >= 0.6 is 0 Å².